The maximum atomic E-state index is 13.9. The number of phenols is 2. The monoisotopic (exact) mass is 398 g/mol. The molecule has 8 heteroatoms. The van der Waals surface area contributed by atoms with Crippen molar-refractivity contribution in [2.75, 3.05) is 0 Å². The molecule has 1 aliphatic heterocycles. The van der Waals surface area contributed by atoms with E-state index in [-0.39, 0.29) is 29.0 Å². The first-order valence-electron chi connectivity index (χ1n) is 8.32. The number of phenolic OH excluding ortho intramolecular Hbond substituents is 2. The Labute approximate surface area is 158 Å². The molecular weight excluding hydrogens is 382 g/mol. The number of hydrogen-bond donors (Lipinski definition) is 2. The molecule has 0 saturated heterocycles. The molecule has 0 amide bonds. The lowest BCUT2D eigenvalue weighted by Gasteiger charge is -2.17. The predicted molar refractivity (Wildman–Crippen MR) is 93.2 cm³/mol. The number of ether oxygens (including phenoxy) is 1. The summed E-state index contributed by atoms with van der Waals surface area (Å²) in [6.07, 6.45) is 3.89. The summed E-state index contributed by atoms with van der Waals surface area (Å²) in [7, 11) is 0. The van der Waals surface area contributed by atoms with Crippen LogP contribution in [0, 0.1) is 11.8 Å². The van der Waals surface area contributed by atoms with Crippen LogP contribution in [0.2, 0.25) is 5.02 Å². The second-order valence-electron chi connectivity index (χ2n) is 6.73. The standard InChI is InChI=1S/C19H17ClF2O5/c1-9-6-13-12(19(13,21)22)5-3-2-4-10(23)7-11-16(18(26)27-9)14(24)8-15(25)17(11)20/h2-5,8-9,12-13,24-25H,6-7H2,1H3/b4-2+,5-3+. The average Bonchev–Trinajstić information content (AvgIpc) is 3.07. The molecule has 3 rings (SSSR count). The summed E-state index contributed by atoms with van der Waals surface area (Å²) in [4.78, 5) is 24.6. The number of carbonyl (C=O) groups excluding carboxylic acids is 2. The summed E-state index contributed by atoms with van der Waals surface area (Å²) in [5.74, 6) is -7.45. The molecule has 3 unspecified atom stereocenters. The third kappa shape index (κ3) is 3.69. The number of benzene rings is 1. The molecule has 2 aliphatic rings. The highest BCUT2D eigenvalue weighted by atomic mass is 35.5. The van der Waals surface area contributed by atoms with Gasteiger partial charge in [0.1, 0.15) is 17.1 Å². The summed E-state index contributed by atoms with van der Waals surface area (Å²) < 4.78 is 32.9. The highest BCUT2D eigenvalue weighted by molar-refractivity contribution is 6.33. The van der Waals surface area contributed by atoms with Gasteiger partial charge in [0.05, 0.1) is 17.0 Å². The van der Waals surface area contributed by atoms with Gasteiger partial charge in [0.25, 0.3) is 5.92 Å². The molecule has 3 atom stereocenters. The molecule has 1 heterocycles. The van der Waals surface area contributed by atoms with Gasteiger partial charge in [-0.2, -0.15) is 0 Å². The Kier molecular flexibility index (Phi) is 4.99. The van der Waals surface area contributed by atoms with Crippen molar-refractivity contribution in [2.45, 2.75) is 31.8 Å². The first kappa shape index (κ1) is 19.4. The van der Waals surface area contributed by atoms with Crippen molar-refractivity contribution in [3.63, 3.8) is 0 Å². The van der Waals surface area contributed by atoms with Crippen molar-refractivity contribution in [1.82, 2.24) is 0 Å². The summed E-state index contributed by atoms with van der Waals surface area (Å²) in [5, 5.41) is 19.6. The van der Waals surface area contributed by atoms with Gasteiger partial charge < -0.3 is 14.9 Å². The Morgan fingerprint density at radius 2 is 1.93 bits per heavy atom. The molecule has 1 aliphatic carbocycles. The molecule has 0 radical (unpaired) electrons. The number of allylic oxidation sites excluding steroid dienone is 4. The second kappa shape index (κ2) is 6.96. The molecule has 5 nitrogen and oxygen atoms in total. The number of hydrogen-bond acceptors (Lipinski definition) is 5. The van der Waals surface area contributed by atoms with Gasteiger partial charge in [0.2, 0.25) is 0 Å². The zero-order valence-corrected chi connectivity index (χ0v) is 15.0. The minimum atomic E-state index is -2.90. The van der Waals surface area contributed by atoms with Crippen LogP contribution in [-0.4, -0.2) is 34.0 Å². The highest BCUT2D eigenvalue weighted by Crippen LogP contribution is 2.58. The number of esters is 1. The van der Waals surface area contributed by atoms with E-state index in [4.69, 9.17) is 16.3 Å². The first-order chi connectivity index (χ1) is 12.6. The summed E-state index contributed by atoms with van der Waals surface area (Å²) >= 11 is 6.01. The van der Waals surface area contributed by atoms with E-state index in [1.54, 1.807) is 0 Å². The van der Waals surface area contributed by atoms with Gasteiger partial charge in [0, 0.05) is 24.0 Å². The molecular formula is C19H17ClF2O5. The number of alkyl halides is 2. The van der Waals surface area contributed by atoms with Crippen LogP contribution in [0.25, 0.3) is 0 Å². The molecule has 27 heavy (non-hydrogen) atoms. The quantitative estimate of drug-likeness (QED) is 0.649. The SMILES string of the molecule is CC1CC2C(/C=C/C=C/C(=O)Cc3c(Cl)c(O)cc(O)c3C(=O)O1)C2(F)F. The topological polar surface area (TPSA) is 83.8 Å². The third-order valence-electron chi connectivity index (χ3n) is 4.75. The van der Waals surface area contributed by atoms with E-state index >= 15 is 0 Å². The Hall–Kier alpha value is -2.41. The number of halogens is 3. The minimum Gasteiger partial charge on any atom is -0.507 e. The van der Waals surface area contributed by atoms with E-state index in [0.717, 1.165) is 12.1 Å². The molecule has 1 aromatic rings. The van der Waals surface area contributed by atoms with E-state index in [0.29, 0.717) is 0 Å². The first-order valence-corrected chi connectivity index (χ1v) is 8.70. The van der Waals surface area contributed by atoms with Crippen LogP contribution >= 0.6 is 11.6 Å². The van der Waals surface area contributed by atoms with Crippen molar-refractivity contribution in [3.05, 3.63) is 46.5 Å². The fraction of sp³-hybridized carbons (Fsp3) is 0.368. The molecule has 1 saturated carbocycles. The van der Waals surface area contributed by atoms with Crippen LogP contribution in [-0.2, 0) is 16.0 Å². The molecule has 2 N–H and O–H groups in total. The van der Waals surface area contributed by atoms with Gasteiger partial charge in [0.15, 0.2) is 5.78 Å². The van der Waals surface area contributed by atoms with Crippen LogP contribution in [0.5, 0.6) is 11.5 Å². The van der Waals surface area contributed by atoms with Crippen LogP contribution in [0.4, 0.5) is 8.78 Å². The summed E-state index contributed by atoms with van der Waals surface area (Å²) in [6.45, 7) is 1.47. The molecule has 0 bridgehead atoms. The van der Waals surface area contributed by atoms with Gasteiger partial charge in [-0.05, 0) is 19.4 Å². The van der Waals surface area contributed by atoms with Crippen LogP contribution in [0.1, 0.15) is 29.3 Å². The predicted octanol–water partition coefficient (Wildman–Crippen LogP) is 3.81. The maximum Gasteiger partial charge on any atom is 0.342 e. The zero-order chi connectivity index (χ0) is 19.9. The average molecular weight is 399 g/mol. The van der Waals surface area contributed by atoms with Gasteiger partial charge in [-0.3, -0.25) is 4.79 Å². The maximum absolute atomic E-state index is 13.9. The molecule has 0 aromatic heterocycles. The fourth-order valence-corrected chi connectivity index (χ4v) is 3.50. The van der Waals surface area contributed by atoms with Crippen molar-refractivity contribution < 1.29 is 33.3 Å². The third-order valence-corrected chi connectivity index (χ3v) is 5.17. The van der Waals surface area contributed by atoms with Crippen molar-refractivity contribution in [2.24, 2.45) is 11.8 Å². The van der Waals surface area contributed by atoms with E-state index in [9.17, 15) is 28.6 Å². The number of carbonyl (C=O) groups is 2. The van der Waals surface area contributed by atoms with Crippen molar-refractivity contribution >= 4 is 23.4 Å². The normalized spacial score (nSPS) is 29.7. The molecule has 1 fully saturated rings. The zero-order valence-electron chi connectivity index (χ0n) is 14.3. The van der Waals surface area contributed by atoms with Crippen molar-refractivity contribution in [3.8, 4) is 11.5 Å². The van der Waals surface area contributed by atoms with E-state index in [1.165, 1.54) is 25.2 Å². The summed E-state index contributed by atoms with van der Waals surface area (Å²) in [6, 6.07) is 0.865. The van der Waals surface area contributed by atoms with Crippen LogP contribution in [0.15, 0.2) is 30.4 Å². The second-order valence-corrected chi connectivity index (χ2v) is 7.11. The minimum absolute atomic E-state index is 0.0572. The van der Waals surface area contributed by atoms with E-state index < -0.39 is 47.1 Å². The number of rotatable bonds is 0. The molecule has 0 spiro atoms. The fourth-order valence-electron chi connectivity index (χ4n) is 3.29. The largest absolute Gasteiger partial charge is 0.507 e. The highest BCUT2D eigenvalue weighted by Gasteiger charge is 2.66. The van der Waals surface area contributed by atoms with Crippen LogP contribution in [0.3, 0.4) is 0 Å². The smallest absolute Gasteiger partial charge is 0.342 e. The van der Waals surface area contributed by atoms with Crippen LogP contribution < -0.4 is 0 Å². The number of fused-ring (bicyclic) bond motifs is 2. The van der Waals surface area contributed by atoms with Gasteiger partial charge >= 0.3 is 5.97 Å². The Balaban J connectivity index is 2.02. The number of cyclic esters (lactones) is 1. The lowest BCUT2D eigenvalue weighted by Crippen LogP contribution is -2.19. The number of aromatic hydroxyl groups is 2. The lowest BCUT2D eigenvalue weighted by atomic mass is 10.00. The Morgan fingerprint density at radius 3 is 2.63 bits per heavy atom. The summed E-state index contributed by atoms with van der Waals surface area (Å²) in [5.41, 5.74) is -0.449. The van der Waals surface area contributed by atoms with Gasteiger partial charge in [-0.25, -0.2) is 13.6 Å². The molecule has 144 valence electrons. The van der Waals surface area contributed by atoms with E-state index in [1.807, 2.05) is 0 Å². The van der Waals surface area contributed by atoms with Gasteiger partial charge in [-0.1, -0.05) is 29.8 Å². The Morgan fingerprint density at radius 1 is 1.22 bits per heavy atom. The molecule has 1 aromatic carbocycles. The van der Waals surface area contributed by atoms with E-state index in [2.05, 4.69) is 0 Å². The number of ketones is 1. The van der Waals surface area contributed by atoms with Gasteiger partial charge in [-0.15, -0.1) is 0 Å². The van der Waals surface area contributed by atoms with Crippen molar-refractivity contribution in [1.29, 1.82) is 0 Å². The Bertz CT molecular complexity index is 862. The lowest BCUT2D eigenvalue weighted by molar-refractivity contribution is -0.114.